The average Bonchev–Trinajstić information content (AvgIpc) is 2.55. The third kappa shape index (κ3) is 3.08. The fourth-order valence-corrected chi connectivity index (χ4v) is 2.20. The maximum Gasteiger partial charge on any atom is 0.338 e. The van der Waals surface area contributed by atoms with E-state index in [4.69, 9.17) is 9.47 Å². The normalized spacial score (nSPS) is 15.9. The van der Waals surface area contributed by atoms with Crippen molar-refractivity contribution in [2.45, 2.75) is 13.2 Å². The molecule has 1 aliphatic rings. The molecule has 0 bridgehead atoms. The van der Waals surface area contributed by atoms with Crippen molar-refractivity contribution in [3.63, 3.8) is 0 Å². The van der Waals surface area contributed by atoms with Crippen molar-refractivity contribution in [3.8, 4) is 11.5 Å². The first-order valence-corrected chi connectivity index (χ1v) is 7.09. The minimum atomic E-state index is -0.638. The highest BCUT2D eigenvalue weighted by Crippen LogP contribution is 2.30. The van der Waals surface area contributed by atoms with Crippen molar-refractivity contribution in [1.29, 1.82) is 0 Å². The van der Waals surface area contributed by atoms with Crippen molar-refractivity contribution >= 4 is 11.9 Å². The number of carbonyl (C=O) groups excluding carboxylic acids is 2. The van der Waals surface area contributed by atoms with Crippen LogP contribution in [0.4, 0.5) is 0 Å². The number of benzene rings is 2. The van der Waals surface area contributed by atoms with Crippen LogP contribution in [0.15, 0.2) is 60.7 Å². The summed E-state index contributed by atoms with van der Waals surface area (Å²) in [6.45, 7) is 5.12. The molecule has 1 atom stereocenters. The van der Waals surface area contributed by atoms with E-state index in [1.807, 2.05) is 0 Å². The van der Waals surface area contributed by atoms with Crippen LogP contribution in [-0.4, -0.2) is 11.9 Å². The van der Waals surface area contributed by atoms with E-state index in [2.05, 4.69) is 11.9 Å². The van der Waals surface area contributed by atoms with E-state index < -0.39 is 12.2 Å². The Morgan fingerprint density at radius 3 is 2.78 bits per heavy atom. The minimum absolute atomic E-state index is 0.207. The molecule has 0 unspecified atom stereocenters. The zero-order valence-corrected chi connectivity index (χ0v) is 12.5. The summed E-state index contributed by atoms with van der Waals surface area (Å²) >= 11 is 0. The van der Waals surface area contributed by atoms with E-state index in [0.717, 1.165) is 0 Å². The van der Waals surface area contributed by atoms with Gasteiger partial charge in [0.05, 0.1) is 5.56 Å². The molecule has 0 saturated heterocycles. The predicted molar refractivity (Wildman–Crippen MR) is 84.2 cm³/mol. The van der Waals surface area contributed by atoms with Gasteiger partial charge in [-0.1, -0.05) is 30.8 Å². The SMILES string of the molecule is C=C(C)C(=O)Oc1cccc([C@H]2NC(=O)c3ccccc3O2)c1. The first-order valence-electron chi connectivity index (χ1n) is 7.09. The summed E-state index contributed by atoms with van der Waals surface area (Å²) in [7, 11) is 0. The summed E-state index contributed by atoms with van der Waals surface area (Å²) in [4.78, 5) is 23.7. The Balaban J connectivity index is 1.84. The Bertz CT molecular complexity index is 797. The molecular weight excluding hydrogens is 294 g/mol. The second kappa shape index (κ2) is 5.96. The zero-order valence-electron chi connectivity index (χ0n) is 12.5. The van der Waals surface area contributed by atoms with Crippen molar-refractivity contribution in [2.75, 3.05) is 0 Å². The van der Waals surface area contributed by atoms with Gasteiger partial charge in [-0.15, -0.1) is 0 Å². The smallest absolute Gasteiger partial charge is 0.338 e. The first-order chi connectivity index (χ1) is 11.0. The van der Waals surface area contributed by atoms with E-state index in [1.54, 1.807) is 55.5 Å². The second-order valence-corrected chi connectivity index (χ2v) is 5.21. The third-order valence-corrected chi connectivity index (χ3v) is 3.36. The Hall–Kier alpha value is -3.08. The summed E-state index contributed by atoms with van der Waals surface area (Å²) in [6.07, 6.45) is -0.638. The van der Waals surface area contributed by atoms with Crippen molar-refractivity contribution in [1.82, 2.24) is 5.32 Å². The summed E-state index contributed by atoms with van der Waals surface area (Å²) in [6, 6.07) is 13.9. The third-order valence-electron chi connectivity index (χ3n) is 3.36. The maximum atomic E-state index is 12.1. The van der Waals surface area contributed by atoms with Crippen LogP contribution in [0.3, 0.4) is 0 Å². The number of ether oxygens (including phenoxy) is 2. The molecule has 116 valence electrons. The largest absolute Gasteiger partial charge is 0.466 e. The number of rotatable bonds is 3. The molecule has 0 spiro atoms. The highest BCUT2D eigenvalue weighted by atomic mass is 16.5. The molecule has 0 aromatic heterocycles. The predicted octanol–water partition coefficient (Wildman–Crippen LogP) is 2.99. The summed E-state index contributed by atoms with van der Waals surface area (Å²) < 4.78 is 11.0. The molecule has 5 heteroatoms. The number of fused-ring (bicyclic) bond motifs is 1. The van der Waals surface area contributed by atoms with Crippen LogP contribution in [-0.2, 0) is 4.79 Å². The molecule has 2 aromatic carbocycles. The standard InChI is InChI=1S/C18H15NO4/c1-11(2)18(21)22-13-7-5-6-12(10-13)17-19-16(20)14-8-3-4-9-15(14)23-17/h3-10,17H,1H2,2H3,(H,19,20)/t17-/m0/s1. The second-order valence-electron chi connectivity index (χ2n) is 5.21. The number of hydrogen-bond acceptors (Lipinski definition) is 4. The van der Waals surface area contributed by atoms with Gasteiger partial charge in [0.25, 0.3) is 5.91 Å². The first kappa shape index (κ1) is 14.8. The van der Waals surface area contributed by atoms with Gasteiger partial charge in [0.1, 0.15) is 11.5 Å². The fourth-order valence-electron chi connectivity index (χ4n) is 2.20. The molecular formula is C18H15NO4. The maximum absolute atomic E-state index is 12.1. The van der Waals surface area contributed by atoms with E-state index in [9.17, 15) is 9.59 Å². The topological polar surface area (TPSA) is 64.6 Å². The van der Waals surface area contributed by atoms with Crippen LogP contribution in [0.5, 0.6) is 11.5 Å². The van der Waals surface area contributed by atoms with Gasteiger partial charge in [-0.2, -0.15) is 0 Å². The zero-order chi connectivity index (χ0) is 16.4. The minimum Gasteiger partial charge on any atom is -0.466 e. The van der Waals surface area contributed by atoms with Crippen LogP contribution in [0.2, 0.25) is 0 Å². The highest BCUT2D eigenvalue weighted by molar-refractivity contribution is 5.98. The van der Waals surface area contributed by atoms with E-state index in [-0.39, 0.29) is 5.91 Å². The molecule has 0 saturated carbocycles. The molecule has 1 aliphatic heterocycles. The molecule has 23 heavy (non-hydrogen) atoms. The van der Waals surface area contributed by atoms with Crippen LogP contribution < -0.4 is 14.8 Å². The van der Waals surface area contributed by atoms with Crippen LogP contribution in [0.1, 0.15) is 29.1 Å². The number of hydrogen-bond donors (Lipinski definition) is 1. The number of carbonyl (C=O) groups is 2. The number of amides is 1. The van der Waals surface area contributed by atoms with Crippen molar-refractivity contribution in [2.24, 2.45) is 0 Å². The lowest BCUT2D eigenvalue weighted by Crippen LogP contribution is -2.36. The lowest BCUT2D eigenvalue weighted by molar-refractivity contribution is -0.130. The van der Waals surface area contributed by atoms with Crippen molar-refractivity contribution in [3.05, 3.63) is 71.8 Å². The highest BCUT2D eigenvalue weighted by Gasteiger charge is 2.26. The summed E-state index contributed by atoms with van der Waals surface area (Å²) in [5, 5.41) is 2.77. The number of nitrogens with one attached hydrogen (secondary N) is 1. The molecule has 2 aromatic rings. The van der Waals surface area contributed by atoms with E-state index in [1.165, 1.54) is 0 Å². The van der Waals surface area contributed by atoms with Gasteiger partial charge in [0, 0.05) is 11.1 Å². The monoisotopic (exact) mass is 309 g/mol. The van der Waals surface area contributed by atoms with Gasteiger partial charge in [-0.05, 0) is 31.2 Å². The molecule has 1 amide bonds. The van der Waals surface area contributed by atoms with E-state index in [0.29, 0.717) is 28.2 Å². The molecule has 3 rings (SSSR count). The fraction of sp³-hybridized carbons (Fsp3) is 0.111. The van der Waals surface area contributed by atoms with Gasteiger partial charge in [-0.25, -0.2) is 4.79 Å². The Morgan fingerprint density at radius 2 is 2.00 bits per heavy atom. The summed E-state index contributed by atoms with van der Waals surface area (Å²) in [5.41, 5.74) is 1.49. The lowest BCUT2D eigenvalue weighted by Gasteiger charge is -2.27. The van der Waals surface area contributed by atoms with Crippen LogP contribution in [0, 0.1) is 0 Å². The molecule has 5 nitrogen and oxygen atoms in total. The molecule has 1 heterocycles. The van der Waals surface area contributed by atoms with E-state index >= 15 is 0 Å². The molecule has 0 radical (unpaired) electrons. The summed E-state index contributed by atoms with van der Waals surface area (Å²) in [5.74, 6) is 0.181. The molecule has 0 fully saturated rings. The number of esters is 1. The van der Waals surface area contributed by atoms with Gasteiger partial charge < -0.3 is 14.8 Å². The number of para-hydroxylation sites is 1. The Morgan fingerprint density at radius 1 is 1.22 bits per heavy atom. The van der Waals surface area contributed by atoms with Gasteiger partial charge in [0.15, 0.2) is 6.23 Å². The van der Waals surface area contributed by atoms with Gasteiger partial charge in [-0.3, -0.25) is 4.79 Å². The average molecular weight is 309 g/mol. The Kier molecular flexibility index (Phi) is 3.85. The van der Waals surface area contributed by atoms with Gasteiger partial charge >= 0.3 is 5.97 Å². The van der Waals surface area contributed by atoms with Gasteiger partial charge in [0.2, 0.25) is 0 Å². The van der Waals surface area contributed by atoms with Crippen LogP contribution in [0.25, 0.3) is 0 Å². The quantitative estimate of drug-likeness (QED) is 0.538. The molecule has 0 aliphatic carbocycles. The lowest BCUT2D eigenvalue weighted by atomic mass is 10.1. The van der Waals surface area contributed by atoms with Crippen LogP contribution >= 0.6 is 0 Å². The Labute approximate surface area is 133 Å². The van der Waals surface area contributed by atoms with Crippen molar-refractivity contribution < 1.29 is 19.1 Å². The molecule has 1 N–H and O–H groups in total.